The third-order valence-electron chi connectivity index (χ3n) is 5.39. The Labute approximate surface area is 213 Å². The molecular formula is C25H39Cl2CoN3. The Morgan fingerprint density at radius 3 is 1.19 bits per heavy atom. The van der Waals surface area contributed by atoms with Crippen LogP contribution in [0.5, 0.6) is 0 Å². The maximum absolute atomic E-state index is 3.63. The van der Waals surface area contributed by atoms with E-state index in [-0.39, 0.29) is 41.6 Å². The standard InChI is InChI=1S/C25H39N3.2ClH.Co/c1-18-14-20(3)24(21(4)15-18)26-10-8-12-28(7)13-9-11-27-25-22(5)16-19(2)17-23(25)6;;;/h14-17,26-27H,8-13H2,1-7H3;2*1H;/q;;;+2/p-2. The van der Waals surface area contributed by atoms with E-state index < -0.39 is 0 Å². The first kappa shape index (κ1) is 32.3. The molecule has 0 aliphatic carbocycles. The largest absolute Gasteiger partial charge is 2.00 e. The minimum Gasteiger partial charge on any atom is -1.00 e. The third kappa shape index (κ3) is 10.5. The fourth-order valence-electron chi connectivity index (χ4n) is 4.15. The maximum Gasteiger partial charge on any atom is 2.00 e. The summed E-state index contributed by atoms with van der Waals surface area (Å²) >= 11 is 0. The number of halogens is 2. The molecule has 0 aliphatic heterocycles. The molecule has 2 aromatic rings. The van der Waals surface area contributed by atoms with Gasteiger partial charge in [0, 0.05) is 24.5 Å². The van der Waals surface area contributed by atoms with Crippen molar-refractivity contribution in [2.45, 2.75) is 54.4 Å². The quantitative estimate of drug-likeness (QED) is 0.433. The molecule has 0 unspecified atom stereocenters. The SMILES string of the molecule is Cc1cc(C)c(NCCCN(C)CCCNc2c(C)cc(C)cc2C)c(C)c1.[Cl-].[Cl-].[Co+2]. The van der Waals surface area contributed by atoms with Crippen LogP contribution in [0.2, 0.25) is 0 Å². The number of hydrogen-bond donors (Lipinski definition) is 2. The van der Waals surface area contributed by atoms with Gasteiger partial charge in [-0.1, -0.05) is 35.4 Å². The van der Waals surface area contributed by atoms with Gasteiger partial charge in [0.2, 0.25) is 0 Å². The summed E-state index contributed by atoms with van der Waals surface area (Å²) in [5, 5.41) is 7.26. The van der Waals surface area contributed by atoms with Gasteiger partial charge in [-0.2, -0.15) is 0 Å². The van der Waals surface area contributed by atoms with Crippen molar-refractivity contribution in [1.29, 1.82) is 0 Å². The predicted molar refractivity (Wildman–Crippen MR) is 125 cm³/mol. The summed E-state index contributed by atoms with van der Waals surface area (Å²) in [6.45, 7) is 17.4. The fraction of sp³-hybridized carbons (Fsp3) is 0.520. The van der Waals surface area contributed by atoms with Crippen LogP contribution in [0.25, 0.3) is 0 Å². The summed E-state index contributed by atoms with van der Waals surface area (Å²) in [7, 11) is 2.23. The molecule has 0 spiro atoms. The number of nitrogens with zero attached hydrogens (tertiary/aromatic N) is 1. The van der Waals surface area contributed by atoms with Crippen LogP contribution in [0.3, 0.4) is 0 Å². The fourth-order valence-corrected chi connectivity index (χ4v) is 4.15. The molecule has 3 nitrogen and oxygen atoms in total. The van der Waals surface area contributed by atoms with Crippen molar-refractivity contribution in [3.63, 3.8) is 0 Å². The Kier molecular flexibility index (Phi) is 16.5. The zero-order valence-electron chi connectivity index (χ0n) is 20.1. The zero-order chi connectivity index (χ0) is 20.7. The van der Waals surface area contributed by atoms with Gasteiger partial charge in [0.15, 0.2) is 0 Å². The molecule has 2 N–H and O–H groups in total. The number of benzene rings is 2. The monoisotopic (exact) mass is 510 g/mol. The van der Waals surface area contributed by atoms with E-state index in [0.717, 1.165) is 39.0 Å². The van der Waals surface area contributed by atoms with Crippen molar-refractivity contribution >= 4 is 11.4 Å². The van der Waals surface area contributed by atoms with E-state index >= 15 is 0 Å². The van der Waals surface area contributed by atoms with E-state index in [1.807, 2.05) is 0 Å². The molecule has 2 rings (SSSR count). The number of aryl methyl sites for hydroxylation is 6. The summed E-state index contributed by atoms with van der Waals surface area (Å²) in [5.41, 5.74) is 10.7. The molecule has 1 radical (unpaired) electrons. The molecule has 0 saturated carbocycles. The van der Waals surface area contributed by atoms with Crippen molar-refractivity contribution in [2.24, 2.45) is 0 Å². The first-order valence-corrected chi connectivity index (χ1v) is 10.6. The maximum atomic E-state index is 3.63. The van der Waals surface area contributed by atoms with Crippen molar-refractivity contribution in [2.75, 3.05) is 43.9 Å². The minimum atomic E-state index is 0. The van der Waals surface area contributed by atoms with Gasteiger partial charge in [-0.05, 0) is 96.8 Å². The number of rotatable bonds is 10. The molecule has 0 aliphatic rings. The molecule has 0 aromatic heterocycles. The average Bonchev–Trinajstić information content (AvgIpc) is 2.58. The van der Waals surface area contributed by atoms with Gasteiger partial charge in [-0.3, -0.25) is 0 Å². The van der Waals surface area contributed by atoms with Crippen molar-refractivity contribution in [3.05, 3.63) is 57.6 Å². The van der Waals surface area contributed by atoms with Crippen LogP contribution < -0.4 is 35.4 Å². The normalized spacial score (nSPS) is 10.1. The first-order chi connectivity index (χ1) is 13.3. The van der Waals surface area contributed by atoms with E-state index in [4.69, 9.17) is 0 Å². The Morgan fingerprint density at radius 1 is 0.613 bits per heavy atom. The van der Waals surface area contributed by atoms with Crippen LogP contribution in [-0.2, 0) is 16.8 Å². The molecule has 31 heavy (non-hydrogen) atoms. The van der Waals surface area contributed by atoms with E-state index in [9.17, 15) is 0 Å². The Hall–Kier alpha value is -0.914. The van der Waals surface area contributed by atoms with Crippen molar-refractivity contribution < 1.29 is 41.6 Å². The Balaban J connectivity index is 0. The molecule has 0 heterocycles. The molecule has 6 heteroatoms. The van der Waals surface area contributed by atoms with Crippen molar-refractivity contribution in [1.82, 2.24) is 4.90 Å². The molecule has 0 bridgehead atoms. The molecule has 0 atom stereocenters. The van der Waals surface area contributed by atoms with Crippen LogP contribution in [0.15, 0.2) is 24.3 Å². The summed E-state index contributed by atoms with van der Waals surface area (Å²) < 4.78 is 0. The summed E-state index contributed by atoms with van der Waals surface area (Å²) in [4.78, 5) is 2.44. The Bertz CT molecular complexity index is 685. The van der Waals surface area contributed by atoms with Crippen LogP contribution in [0.4, 0.5) is 11.4 Å². The smallest absolute Gasteiger partial charge is 1.00 e. The summed E-state index contributed by atoms with van der Waals surface area (Å²) in [5.74, 6) is 0. The molecule has 0 fully saturated rings. The van der Waals surface area contributed by atoms with Gasteiger partial charge >= 0.3 is 16.8 Å². The number of nitrogens with one attached hydrogen (secondary N) is 2. The van der Waals surface area contributed by atoms with Crippen molar-refractivity contribution in [3.8, 4) is 0 Å². The van der Waals surface area contributed by atoms with Crippen LogP contribution in [0, 0.1) is 41.5 Å². The third-order valence-corrected chi connectivity index (χ3v) is 5.39. The summed E-state index contributed by atoms with van der Waals surface area (Å²) in [6.07, 6.45) is 2.32. The van der Waals surface area contributed by atoms with Gasteiger partial charge in [0.25, 0.3) is 0 Å². The predicted octanol–water partition coefficient (Wildman–Crippen LogP) is -0.221. The summed E-state index contributed by atoms with van der Waals surface area (Å²) in [6, 6.07) is 9.02. The van der Waals surface area contributed by atoms with Gasteiger partial charge in [-0.25, -0.2) is 0 Å². The van der Waals surface area contributed by atoms with Gasteiger partial charge in [-0.15, -0.1) is 0 Å². The molecule has 2 aromatic carbocycles. The van der Waals surface area contributed by atoms with E-state index in [2.05, 4.69) is 88.4 Å². The van der Waals surface area contributed by atoms with Gasteiger partial charge in [0.1, 0.15) is 0 Å². The second-order valence-corrected chi connectivity index (χ2v) is 8.41. The number of hydrogen-bond acceptors (Lipinski definition) is 3. The van der Waals surface area contributed by atoms with Crippen LogP contribution >= 0.6 is 0 Å². The van der Waals surface area contributed by atoms with E-state index in [1.165, 1.54) is 44.8 Å². The van der Waals surface area contributed by atoms with Crippen LogP contribution in [0.1, 0.15) is 46.2 Å². The van der Waals surface area contributed by atoms with E-state index in [0.29, 0.717) is 0 Å². The first-order valence-electron chi connectivity index (χ1n) is 10.6. The topological polar surface area (TPSA) is 27.3 Å². The zero-order valence-corrected chi connectivity index (χ0v) is 22.6. The number of anilines is 2. The molecule has 177 valence electrons. The van der Waals surface area contributed by atoms with Gasteiger partial charge in [0.05, 0.1) is 0 Å². The van der Waals surface area contributed by atoms with Crippen LogP contribution in [-0.4, -0.2) is 38.1 Å². The second-order valence-electron chi connectivity index (χ2n) is 8.41. The average molecular weight is 511 g/mol. The molecule has 0 saturated heterocycles. The van der Waals surface area contributed by atoms with Gasteiger partial charge < -0.3 is 40.3 Å². The second kappa shape index (κ2) is 15.8. The molecule has 0 amide bonds. The molecular weight excluding hydrogens is 472 g/mol. The van der Waals surface area contributed by atoms with E-state index in [1.54, 1.807) is 0 Å². The minimum absolute atomic E-state index is 0. The Morgan fingerprint density at radius 2 is 0.903 bits per heavy atom.